The molecular formula is C17H16N2. The van der Waals surface area contributed by atoms with Gasteiger partial charge in [-0.25, -0.2) is 0 Å². The Hall–Kier alpha value is -2.35. The summed E-state index contributed by atoms with van der Waals surface area (Å²) in [4.78, 5) is 4.50. The van der Waals surface area contributed by atoms with Crippen LogP contribution >= 0.6 is 0 Å². The summed E-state index contributed by atoms with van der Waals surface area (Å²) in [5, 5.41) is 1.16. The Morgan fingerprint density at radius 3 is 2.74 bits per heavy atom. The van der Waals surface area contributed by atoms with Crippen LogP contribution in [0, 0.1) is 0 Å². The minimum atomic E-state index is 0.861. The van der Waals surface area contributed by atoms with Crippen molar-refractivity contribution in [2.24, 2.45) is 0 Å². The number of fused-ring (bicyclic) bond motifs is 1. The van der Waals surface area contributed by atoms with Gasteiger partial charge in [0.05, 0.1) is 5.52 Å². The zero-order valence-corrected chi connectivity index (χ0v) is 10.9. The monoisotopic (exact) mass is 248 g/mol. The van der Waals surface area contributed by atoms with E-state index in [4.69, 9.17) is 5.73 Å². The van der Waals surface area contributed by atoms with Crippen molar-refractivity contribution in [2.45, 2.75) is 13.3 Å². The summed E-state index contributed by atoms with van der Waals surface area (Å²) < 4.78 is 0. The topological polar surface area (TPSA) is 38.9 Å². The molecule has 0 radical (unpaired) electrons. The molecule has 0 atom stereocenters. The van der Waals surface area contributed by atoms with Crippen LogP contribution in [-0.2, 0) is 6.42 Å². The second-order valence-corrected chi connectivity index (χ2v) is 4.65. The van der Waals surface area contributed by atoms with E-state index in [1.54, 1.807) is 0 Å². The molecule has 0 saturated heterocycles. The molecule has 1 heterocycles. The summed E-state index contributed by atoms with van der Waals surface area (Å²) in [6.45, 7) is 2.12. The van der Waals surface area contributed by atoms with Crippen LogP contribution < -0.4 is 5.73 Å². The van der Waals surface area contributed by atoms with Gasteiger partial charge in [-0.1, -0.05) is 37.3 Å². The minimum Gasteiger partial charge on any atom is -0.399 e. The van der Waals surface area contributed by atoms with Gasteiger partial charge in [-0.3, -0.25) is 4.98 Å². The maximum atomic E-state index is 5.98. The zero-order valence-electron chi connectivity index (χ0n) is 10.9. The second-order valence-electron chi connectivity index (χ2n) is 4.65. The number of rotatable bonds is 2. The first kappa shape index (κ1) is 11.7. The Morgan fingerprint density at radius 2 is 1.89 bits per heavy atom. The average molecular weight is 248 g/mol. The van der Waals surface area contributed by atoms with Crippen molar-refractivity contribution in [3.63, 3.8) is 0 Å². The van der Waals surface area contributed by atoms with E-state index in [1.165, 1.54) is 11.1 Å². The van der Waals surface area contributed by atoms with Gasteiger partial charge in [-0.2, -0.15) is 0 Å². The Labute approximate surface area is 112 Å². The van der Waals surface area contributed by atoms with Gasteiger partial charge in [0.2, 0.25) is 0 Å². The Kier molecular flexibility index (Phi) is 2.92. The molecule has 0 unspecified atom stereocenters. The maximum Gasteiger partial charge on any atom is 0.0780 e. The minimum absolute atomic E-state index is 0.861. The molecule has 3 rings (SSSR count). The fourth-order valence-electron chi connectivity index (χ4n) is 2.42. The van der Waals surface area contributed by atoms with Crippen molar-refractivity contribution in [2.75, 3.05) is 5.73 Å². The summed E-state index contributed by atoms with van der Waals surface area (Å²) >= 11 is 0. The van der Waals surface area contributed by atoms with Crippen LogP contribution in [-0.4, -0.2) is 4.98 Å². The Balaban J connectivity index is 2.24. The van der Waals surface area contributed by atoms with Crippen molar-refractivity contribution < 1.29 is 0 Å². The molecule has 2 aromatic carbocycles. The number of benzene rings is 2. The summed E-state index contributed by atoms with van der Waals surface area (Å²) in [5.41, 5.74) is 11.4. The Morgan fingerprint density at radius 1 is 1.05 bits per heavy atom. The molecule has 0 aliphatic rings. The number of hydrogen-bond donors (Lipinski definition) is 1. The average Bonchev–Trinajstić information content (AvgIpc) is 2.47. The standard InChI is InChI=1S/C17H16N2/c1-2-12-11-14(8-9-16(12)18)15-7-3-5-13-6-4-10-19-17(13)15/h3-11H,2,18H2,1H3. The largest absolute Gasteiger partial charge is 0.399 e. The van der Waals surface area contributed by atoms with E-state index in [-0.39, 0.29) is 0 Å². The normalized spacial score (nSPS) is 10.8. The highest BCUT2D eigenvalue weighted by molar-refractivity contribution is 5.93. The highest BCUT2D eigenvalue weighted by Gasteiger charge is 2.06. The van der Waals surface area contributed by atoms with E-state index >= 15 is 0 Å². The lowest BCUT2D eigenvalue weighted by atomic mass is 9.98. The molecule has 0 saturated carbocycles. The van der Waals surface area contributed by atoms with E-state index < -0.39 is 0 Å². The van der Waals surface area contributed by atoms with Gasteiger partial charge < -0.3 is 5.73 Å². The number of para-hydroxylation sites is 1. The molecular weight excluding hydrogens is 232 g/mol. The lowest BCUT2D eigenvalue weighted by Gasteiger charge is -2.09. The van der Waals surface area contributed by atoms with E-state index in [0.29, 0.717) is 0 Å². The van der Waals surface area contributed by atoms with Crippen LogP contribution in [0.25, 0.3) is 22.0 Å². The first-order chi connectivity index (χ1) is 9.29. The summed E-state index contributed by atoms with van der Waals surface area (Å²) in [5.74, 6) is 0. The second kappa shape index (κ2) is 4.73. The van der Waals surface area contributed by atoms with Crippen molar-refractivity contribution in [1.29, 1.82) is 0 Å². The summed E-state index contributed by atoms with van der Waals surface area (Å²) in [7, 11) is 0. The fraction of sp³-hybridized carbons (Fsp3) is 0.118. The number of hydrogen-bond acceptors (Lipinski definition) is 2. The van der Waals surface area contributed by atoms with Gasteiger partial charge in [0, 0.05) is 22.8 Å². The van der Waals surface area contributed by atoms with Gasteiger partial charge in [0.25, 0.3) is 0 Å². The third-order valence-electron chi connectivity index (χ3n) is 3.47. The molecule has 3 aromatic rings. The lowest BCUT2D eigenvalue weighted by molar-refractivity contribution is 1.15. The third kappa shape index (κ3) is 2.06. The lowest BCUT2D eigenvalue weighted by Crippen LogP contribution is -1.93. The molecule has 0 aliphatic heterocycles. The molecule has 0 aliphatic carbocycles. The van der Waals surface area contributed by atoms with Gasteiger partial charge in [0.1, 0.15) is 0 Å². The zero-order chi connectivity index (χ0) is 13.2. The number of aryl methyl sites for hydroxylation is 1. The van der Waals surface area contributed by atoms with Crippen molar-refractivity contribution >= 4 is 16.6 Å². The fourth-order valence-corrected chi connectivity index (χ4v) is 2.42. The third-order valence-corrected chi connectivity index (χ3v) is 3.47. The van der Waals surface area contributed by atoms with Crippen LogP contribution in [0.3, 0.4) is 0 Å². The summed E-state index contributed by atoms with van der Waals surface area (Å²) in [6.07, 6.45) is 2.78. The predicted octanol–water partition coefficient (Wildman–Crippen LogP) is 4.05. The number of pyridine rings is 1. The first-order valence-electron chi connectivity index (χ1n) is 6.52. The Bertz CT molecular complexity index is 727. The van der Waals surface area contributed by atoms with Gasteiger partial charge >= 0.3 is 0 Å². The number of nitrogens with zero attached hydrogens (tertiary/aromatic N) is 1. The van der Waals surface area contributed by atoms with Gasteiger partial charge in [-0.15, -0.1) is 0 Å². The number of nitrogen functional groups attached to an aromatic ring is 1. The molecule has 1 aromatic heterocycles. The molecule has 2 N–H and O–H groups in total. The van der Waals surface area contributed by atoms with Crippen molar-refractivity contribution in [1.82, 2.24) is 4.98 Å². The highest BCUT2D eigenvalue weighted by Crippen LogP contribution is 2.29. The molecule has 94 valence electrons. The number of aromatic nitrogens is 1. The van der Waals surface area contributed by atoms with Crippen LogP contribution in [0.5, 0.6) is 0 Å². The van der Waals surface area contributed by atoms with Crippen molar-refractivity contribution in [3.8, 4) is 11.1 Å². The van der Waals surface area contributed by atoms with Crippen molar-refractivity contribution in [3.05, 3.63) is 60.3 Å². The molecule has 0 bridgehead atoms. The number of nitrogens with two attached hydrogens (primary N) is 1. The van der Waals surface area contributed by atoms with E-state index in [2.05, 4.69) is 48.3 Å². The smallest absolute Gasteiger partial charge is 0.0780 e. The molecule has 0 amide bonds. The number of anilines is 1. The van der Waals surface area contributed by atoms with Crippen LogP contribution in [0.1, 0.15) is 12.5 Å². The van der Waals surface area contributed by atoms with E-state index in [1.807, 2.05) is 18.3 Å². The molecule has 19 heavy (non-hydrogen) atoms. The highest BCUT2D eigenvalue weighted by atomic mass is 14.6. The predicted molar refractivity (Wildman–Crippen MR) is 81.0 cm³/mol. The molecule has 0 fully saturated rings. The van der Waals surface area contributed by atoms with Gasteiger partial charge in [-0.05, 0) is 35.7 Å². The van der Waals surface area contributed by atoms with Crippen LogP contribution in [0.4, 0.5) is 5.69 Å². The van der Waals surface area contributed by atoms with Gasteiger partial charge in [0.15, 0.2) is 0 Å². The van der Waals surface area contributed by atoms with E-state index in [0.717, 1.165) is 28.6 Å². The van der Waals surface area contributed by atoms with Crippen LogP contribution in [0.15, 0.2) is 54.7 Å². The maximum absolute atomic E-state index is 5.98. The quantitative estimate of drug-likeness (QED) is 0.695. The SMILES string of the molecule is CCc1cc(-c2cccc3cccnc23)ccc1N. The molecule has 0 spiro atoms. The first-order valence-corrected chi connectivity index (χ1v) is 6.52. The van der Waals surface area contributed by atoms with Crippen LogP contribution in [0.2, 0.25) is 0 Å². The molecule has 2 nitrogen and oxygen atoms in total. The molecule has 2 heteroatoms. The summed E-state index contributed by atoms with van der Waals surface area (Å²) in [6, 6.07) is 16.5. The van der Waals surface area contributed by atoms with E-state index in [9.17, 15) is 0 Å².